The number of carbonyl (C=O) groups excluding carboxylic acids is 1. The molecule has 0 aliphatic rings. The van der Waals surface area contributed by atoms with Crippen LogP contribution in [0.15, 0.2) is 35.5 Å². The van der Waals surface area contributed by atoms with Crippen LogP contribution < -0.4 is 16.8 Å². The van der Waals surface area contributed by atoms with Crippen molar-refractivity contribution in [2.45, 2.75) is 5.16 Å². The van der Waals surface area contributed by atoms with Gasteiger partial charge >= 0.3 is 0 Å². The van der Waals surface area contributed by atoms with Gasteiger partial charge in [-0.15, -0.1) is 0 Å². The van der Waals surface area contributed by atoms with Gasteiger partial charge in [0.05, 0.1) is 16.5 Å². The van der Waals surface area contributed by atoms with E-state index in [2.05, 4.69) is 15.3 Å². The highest BCUT2D eigenvalue weighted by atomic mass is 35.5. The second-order valence-electron chi connectivity index (χ2n) is 3.82. The number of thioether (sulfide) groups is 1. The van der Waals surface area contributed by atoms with Crippen LogP contribution in [0.5, 0.6) is 0 Å². The number of hydrogen-bond acceptors (Lipinski definition) is 6. The maximum atomic E-state index is 11.8. The Hall–Kier alpha value is -1.99. The molecule has 2 aromatic rings. The molecule has 5 N–H and O–H groups in total. The summed E-state index contributed by atoms with van der Waals surface area (Å²) in [5.74, 6) is 0.458. The number of aromatic nitrogens is 2. The van der Waals surface area contributed by atoms with Crippen molar-refractivity contribution in [3.63, 3.8) is 0 Å². The first-order chi connectivity index (χ1) is 9.54. The van der Waals surface area contributed by atoms with Gasteiger partial charge in [-0.05, 0) is 12.1 Å². The Morgan fingerprint density at radius 3 is 2.55 bits per heavy atom. The lowest BCUT2D eigenvalue weighted by Gasteiger charge is -2.06. The summed E-state index contributed by atoms with van der Waals surface area (Å²) in [6, 6.07) is 8.45. The minimum absolute atomic E-state index is 0.133. The van der Waals surface area contributed by atoms with Crippen LogP contribution in [0.25, 0.3) is 0 Å². The summed E-state index contributed by atoms with van der Waals surface area (Å²) < 4.78 is 0. The van der Waals surface area contributed by atoms with Crippen molar-refractivity contribution in [2.24, 2.45) is 0 Å². The van der Waals surface area contributed by atoms with E-state index in [9.17, 15) is 4.79 Å². The maximum absolute atomic E-state index is 11.8. The molecular weight excluding hydrogens is 298 g/mol. The van der Waals surface area contributed by atoms with Crippen molar-refractivity contribution < 1.29 is 4.79 Å². The quantitative estimate of drug-likeness (QED) is 0.589. The topological polar surface area (TPSA) is 107 Å². The summed E-state index contributed by atoms with van der Waals surface area (Å²) in [4.78, 5) is 19.7. The van der Waals surface area contributed by atoms with E-state index in [0.717, 1.165) is 11.8 Å². The van der Waals surface area contributed by atoms with Gasteiger partial charge in [-0.2, -0.15) is 0 Å². The van der Waals surface area contributed by atoms with Gasteiger partial charge in [-0.3, -0.25) is 4.79 Å². The standard InChI is InChI=1S/C12H12ClN5OS/c13-7-3-1-2-4-8(7)16-11(19)6-20-12-17-9(14)5-10(15)18-12/h1-5H,6H2,(H,16,19)(H4,14,15,17,18). The lowest BCUT2D eigenvalue weighted by atomic mass is 10.3. The van der Waals surface area contributed by atoms with Crippen LogP contribution >= 0.6 is 23.4 Å². The number of nitrogens with one attached hydrogen (secondary N) is 1. The number of nitrogens with two attached hydrogens (primary N) is 2. The van der Waals surface area contributed by atoms with Crippen molar-refractivity contribution in [1.29, 1.82) is 0 Å². The summed E-state index contributed by atoms with van der Waals surface area (Å²) in [5.41, 5.74) is 11.7. The van der Waals surface area contributed by atoms with Gasteiger partial charge in [0, 0.05) is 6.07 Å². The van der Waals surface area contributed by atoms with Crippen LogP contribution in [-0.4, -0.2) is 21.6 Å². The van der Waals surface area contributed by atoms with Crippen LogP contribution in [-0.2, 0) is 4.79 Å². The summed E-state index contributed by atoms with van der Waals surface area (Å²) in [6.07, 6.45) is 0. The Balaban J connectivity index is 1.94. The van der Waals surface area contributed by atoms with Crippen molar-refractivity contribution in [3.8, 4) is 0 Å². The Morgan fingerprint density at radius 2 is 1.90 bits per heavy atom. The summed E-state index contributed by atoms with van der Waals surface area (Å²) in [6.45, 7) is 0. The highest BCUT2D eigenvalue weighted by molar-refractivity contribution is 7.99. The third kappa shape index (κ3) is 4.01. The molecule has 20 heavy (non-hydrogen) atoms. The summed E-state index contributed by atoms with van der Waals surface area (Å²) in [5, 5.41) is 3.54. The van der Waals surface area contributed by atoms with Gasteiger partial charge in [-0.25, -0.2) is 9.97 Å². The smallest absolute Gasteiger partial charge is 0.234 e. The number of amides is 1. The molecule has 1 aromatic carbocycles. The molecule has 0 spiro atoms. The van der Waals surface area contributed by atoms with Gasteiger partial charge in [0.1, 0.15) is 11.6 Å². The molecule has 0 saturated heterocycles. The zero-order valence-electron chi connectivity index (χ0n) is 10.3. The normalized spacial score (nSPS) is 10.2. The molecule has 0 unspecified atom stereocenters. The van der Waals surface area contributed by atoms with Crippen molar-refractivity contribution in [2.75, 3.05) is 22.5 Å². The zero-order chi connectivity index (χ0) is 14.5. The Kier molecular flexibility index (Phi) is 4.65. The monoisotopic (exact) mass is 309 g/mol. The van der Waals surface area contributed by atoms with E-state index in [1.54, 1.807) is 24.3 Å². The largest absolute Gasteiger partial charge is 0.383 e. The molecule has 0 atom stereocenters. The molecule has 1 aromatic heterocycles. The number of halogens is 1. The van der Waals surface area contributed by atoms with Crippen molar-refractivity contribution in [1.82, 2.24) is 9.97 Å². The third-order valence-electron chi connectivity index (χ3n) is 2.23. The number of rotatable bonds is 4. The zero-order valence-corrected chi connectivity index (χ0v) is 11.9. The Labute approximate surface area is 124 Å². The van der Waals surface area contributed by atoms with Crippen molar-refractivity contribution >= 4 is 46.6 Å². The lowest BCUT2D eigenvalue weighted by Crippen LogP contribution is -2.14. The lowest BCUT2D eigenvalue weighted by molar-refractivity contribution is -0.113. The number of nitrogens with zero attached hydrogens (tertiary/aromatic N) is 2. The highest BCUT2D eigenvalue weighted by Gasteiger charge is 2.08. The molecule has 0 aliphatic heterocycles. The first kappa shape index (κ1) is 14.4. The van der Waals surface area contributed by atoms with Crippen LogP contribution in [0.3, 0.4) is 0 Å². The average Bonchev–Trinajstić information content (AvgIpc) is 2.38. The second-order valence-corrected chi connectivity index (χ2v) is 5.17. The molecule has 0 radical (unpaired) electrons. The molecule has 0 bridgehead atoms. The molecule has 1 heterocycles. The van der Waals surface area contributed by atoms with E-state index in [1.165, 1.54) is 6.07 Å². The number of anilines is 3. The first-order valence-electron chi connectivity index (χ1n) is 5.62. The molecule has 6 nitrogen and oxygen atoms in total. The Bertz CT molecular complexity index is 617. The minimum Gasteiger partial charge on any atom is -0.383 e. The van der Waals surface area contributed by atoms with E-state index >= 15 is 0 Å². The fourth-order valence-corrected chi connectivity index (χ4v) is 2.26. The number of para-hydroxylation sites is 1. The minimum atomic E-state index is -0.215. The van der Waals surface area contributed by atoms with Gasteiger partial charge in [-0.1, -0.05) is 35.5 Å². The number of hydrogen-bond donors (Lipinski definition) is 3. The van der Waals surface area contributed by atoms with Crippen LogP contribution in [0.2, 0.25) is 5.02 Å². The number of nitrogen functional groups attached to an aromatic ring is 2. The fraction of sp³-hybridized carbons (Fsp3) is 0.0833. The molecule has 8 heteroatoms. The molecule has 0 fully saturated rings. The molecule has 2 rings (SSSR count). The number of benzene rings is 1. The SMILES string of the molecule is Nc1cc(N)nc(SCC(=O)Nc2ccccc2Cl)n1. The molecular formula is C12H12ClN5OS. The van der Waals surface area contributed by atoms with Crippen LogP contribution in [0.4, 0.5) is 17.3 Å². The predicted molar refractivity (Wildman–Crippen MR) is 81.7 cm³/mol. The van der Waals surface area contributed by atoms with Gasteiger partial charge in [0.15, 0.2) is 5.16 Å². The second kappa shape index (κ2) is 6.44. The third-order valence-corrected chi connectivity index (χ3v) is 3.40. The van der Waals surface area contributed by atoms with Gasteiger partial charge in [0.2, 0.25) is 5.91 Å². The van der Waals surface area contributed by atoms with E-state index < -0.39 is 0 Å². The average molecular weight is 310 g/mol. The number of carbonyl (C=O) groups is 1. The first-order valence-corrected chi connectivity index (χ1v) is 6.98. The van der Waals surface area contributed by atoms with Crippen LogP contribution in [0, 0.1) is 0 Å². The summed E-state index contributed by atoms with van der Waals surface area (Å²) in [7, 11) is 0. The van der Waals surface area contributed by atoms with E-state index in [4.69, 9.17) is 23.1 Å². The van der Waals surface area contributed by atoms with E-state index in [0.29, 0.717) is 15.9 Å². The summed E-state index contributed by atoms with van der Waals surface area (Å²) >= 11 is 7.09. The highest BCUT2D eigenvalue weighted by Crippen LogP contribution is 2.21. The van der Waals surface area contributed by atoms with Crippen molar-refractivity contribution in [3.05, 3.63) is 35.4 Å². The van der Waals surface area contributed by atoms with Gasteiger partial charge < -0.3 is 16.8 Å². The molecule has 0 aliphatic carbocycles. The Morgan fingerprint density at radius 1 is 1.25 bits per heavy atom. The molecule has 0 saturated carbocycles. The maximum Gasteiger partial charge on any atom is 0.234 e. The van der Waals surface area contributed by atoms with E-state index in [-0.39, 0.29) is 23.3 Å². The van der Waals surface area contributed by atoms with Crippen LogP contribution in [0.1, 0.15) is 0 Å². The molecule has 1 amide bonds. The fourth-order valence-electron chi connectivity index (χ4n) is 1.41. The van der Waals surface area contributed by atoms with E-state index in [1.807, 2.05) is 0 Å². The molecule has 104 valence electrons. The predicted octanol–water partition coefficient (Wildman–Crippen LogP) is 2.03. The van der Waals surface area contributed by atoms with Gasteiger partial charge in [0.25, 0.3) is 0 Å².